The molecular weight excluding hydrogens is 444 g/mol. The Kier molecular flexibility index (Phi) is 10.2. The third-order valence-corrected chi connectivity index (χ3v) is 5.84. The van der Waals surface area contributed by atoms with Crippen LogP contribution in [-0.2, 0) is 30.5 Å². The van der Waals surface area contributed by atoms with Crippen LogP contribution in [0.4, 0.5) is 0 Å². The molecule has 33 heavy (non-hydrogen) atoms. The van der Waals surface area contributed by atoms with Crippen molar-refractivity contribution in [2.24, 2.45) is 5.92 Å². The number of aryl methyl sites for hydroxylation is 1. The number of ether oxygens (including phenoxy) is 1. The smallest absolute Gasteiger partial charge is 0.446 e. The molecule has 0 bridgehead atoms. The van der Waals surface area contributed by atoms with Gasteiger partial charge in [-0.3, -0.25) is 4.55 Å². The van der Waals surface area contributed by atoms with Crippen LogP contribution in [0.3, 0.4) is 0 Å². The fourth-order valence-electron chi connectivity index (χ4n) is 3.52. The maximum atomic E-state index is 11.7. The highest BCUT2D eigenvalue weighted by Crippen LogP contribution is 2.30. The fourth-order valence-corrected chi connectivity index (χ4v) is 3.94. The average molecular weight is 479 g/mol. The Morgan fingerprint density at radius 2 is 1.85 bits per heavy atom. The SMILES string of the molecule is CC1=C(OS(=O)(=O)O)/C(=C/[C@H](C)CC/C=C(/C)CCC/C(C)=C/CCc2ccoc2)OC1=O. The van der Waals surface area contributed by atoms with E-state index in [1.165, 1.54) is 23.6 Å². The molecule has 0 amide bonds. The third kappa shape index (κ3) is 9.84. The summed E-state index contributed by atoms with van der Waals surface area (Å²) in [6.45, 7) is 7.64. The summed E-state index contributed by atoms with van der Waals surface area (Å²) in [4.78, 5) is 11.7. The highest BCUT2D eigenvalue weighted by atomic mass is 32.3. The molecule has 2 heterocycles. The summed E-state index contributed by atoms with van der Waals surface area (Å²) in [6.07, 6.45) is 16.5. The van der Waals surface area contributed by atoms with Gasteiger partial charge in [-0.05, 0) is 89.3 Å². The van der Waals surface area contributed by atoms with Gasteiger partial charge in [-0.1, -0.05) is 30.2 Å². The highest BCUT2D eigenvalue weighted by molar-refractivity contribution is 7.81. The van der Waals surface area contributed by atoms with Crippen molar-refractivity contribution in [3.63, 3.8) is 0 Å². The van der Waals surface area contributed by atoms with Crippen molar-refractivity contribution in [2.45, 2.75) is 72.6 Å². The van der Waals surface area contributed by atoms with Crippen molar-refractivity contribution in [1.29, 1.82) is 0 Å². The van der Waals surface area contributed by atoms with Crippen molar-refractivity contribution in [3.05, 3.63) is 70.6 Å². The van der Waals surface area contributed by atoms with Crippen LogP contribution in [0.1, 0.15) is 71.8 Å². The van der Waals surface area contributed by atoms with Gasteiger partial charge in [0.05, 0.1) is 18.1 Å². The largest absolute Gasteiger partial charge is 0.472 e. The zero-order chi connectivity index (χ0) is 24.4. The van der Waals surface area contributed by atoms with Crippen LogP contribution in [0.15, 0.2) is 69.5 Å². The van der Waals surface area contributed by atoms with Gasteiger partial charge in [0.25, 0.3) is 0 Å². The van der Waals surface area contributed by atoms with Crippen LogP contribution in [0, 0.1) is 5.92 Å². The average Bonchev–Trinajstić information content (AvgIpc) is 3.31. The van der Waals surface area contributed by atoms with Crippen molar-refractivity contribution in [1.82, 2.24) is 0 Å². The highest BCUT2D eigenvalue weighted by Gasteiger charge is 2.31. The lowest BCUT2D eigenvalue weighted by Crippen LogP contribution is -2.05. The molecule has 0 spiro atoms. The molecule has 1 aromatic heterocycles. The minimum absolute atomic E-state index is 0.00707. The first-order valence-corrected chi connectivity index (χ1v) is 12.6. The second-order valence-corrected chi connectivity index (χ2v) is 9.59. The molecule has 0 saturated carbocycles. The number of rotatable bonds is 13. The summed E-state index contributed by atoms with van der Waals surface area (Å²) in [5, 5.41) is 0. The van der Waals surface area contributed by atoms with E-state index in [-0.39, 0.29) is 23.0 Å². The predicted octanol–water partition coefficient (Wildman–Crippen LogP) is 6.23. The Bertz CT molecular complexity index is 1020. The molecule has 1 aliphatic rings. The maximum Gasteiger partial charge on any atom is 0.446 e. The molecular formula is C25H34O7S. The van der Waals surface area contributed by atoms with Gasteiger partial charge in [-0.15, -0.1) is 0 Å². The molecule has 1 aromatic rings. The Morgan fingerprint density at radius 1 is 1.18 bits per heavy atom. The van der Waals surface area contributed by atoms with Gasteiger partial charge in [0, 0.05) is 0 Å². The van der Waals surface area contributed by atoms with E-state index in [9.17, 15) is 13.2 Å². The predicted molar refractivity (Wildman–Crippen MR) is 126 cm³/mol. The van der Waals surface area contributed by atoms with E-state index in [0.29, 0.717) is 0 Å². The van der Waals surface area contributed by atoms with E-state index in [2.05, 4.69) is 30.2 Å². The Morgan fingerprint density at radius 3 is 2.45 bits per heavy atom. The first-order chi connectivity index (χ1) is 15.5. The summed E-state index contributed by atoms with van der Waals surface area (Å²) in [5.74, 6) is -0.899. The van der Waals surface area contributed by atoms with E-state index in [4.69, 9.17) is 13.7 Å². The zero-order valence-corrected chi connectivity index (χ0v) is 20.6. The molecule has 0 saturated heterocycles. The normalized spacial score (nSPS) is 17.6. The van der Waals surface area contributed by atoms with Crippen LogP contribution < -0.4 is 0 Å². The van der Waals surface area contributed by atoms with Crippen molar-refractivity contribution >= 4 is 16.4 Å². The maximum absolute atomic E-state index is 11.7. The number of esters is 1. The molecule has 182 valence electrons. The first kappa shape index (κ1) is 26.7. The van der Waals surface area contributed by atoms with Gasteiger partial charge in [0.15, 0.2) is 11.5 Å². The third-order valence-electron chi connectivity index (χ3n) is 5.46. The number of hydrogen-bond acceptors (Lipinski definition) is 6. The fraction of sp³-hybridized carbons (Fsp3) is 0.480. The van der Waals surface area contributed by atoms with Gasteiger partial charge >= 0.3 is 16.4 Å². The summed E-state index contributed by atoms with van der Waals surface area (Å²) in [6, 6.07) is 2.00. The molecule has 1 aliphatic heterocycles. The van der Waals surface area contributed by atoms with E-state index in [1.807, 2.05) is 13.0 Å². The van der Waals surface area contributed by atoms with E-state index >= 15 is 0 Å². The number of carbonyl (C=O) groups is 1. The van der Waals surface area contributed by atoms with Crippen LogP contribution in [0.2, 0.25) is 0 Å². The lowest BCUT2D eigenvalue weighted by atomic mass is 10.0. The quantitative estimate of drug-likeness (QED) is 0.204. The number of carbonyl (C=O) groups excluding carboxylic acids is 1. The summed E-state index contributed by atoms with van der Waals surface area (Å²) >= 11 is 0. The standard InChI is InChI=1S/C25H34O7S/c1-18(8-5-9-19(2)11-7-13-22-14-15-30-17-22)10-6-12-20(3)16-23-24(32-33(27,28)29)21(4)25(26)31-23/h10-11,14-17,20H,5-9,12-13H2,1-4H3,(H,27,28,29)/b18-10-,19-11+,23-16-/t20-/m1/s1. The molecule has 1 atom stereocenters. The second kappa shape index (κ2) is 12.6. The summed E-state index contributed by atoms with van der Waals surface area (Å²) < 4.78 is 45.7. The minimum atomic E-state index is -4.74. The minimum Gasteiger partial charge on any atom is -0.472 e. The molecule has 1 N–H and O–H groups in total. The molecule has 2 rings (SSSR count). The lowest BCUT2D eigenvalue weighted by Gasteiger charge is -2.09. The van der Waals surface area contributed by atoms with Crippen molar-refractivity contribution in [2.75, 3.05) is 0 Å². The molecule has 0 aliphatic carbocycles. The van der Waals surface area contributed by atoms with Gasteiger partial charge in [0.1, 0.15) is 0 Å². The van der Waals surface area contributed by atoms with Crippen molar-refractivity contribution < 1.29 is 31.1 Å². The molecule has 8 heteroatoms. The number of furan rings is 1. The van der Waals surface area contributed by atoms with Gasteiger partial charge < -0.3 is 13.3 Å². The topological polar surface area (TPSA) is 103 Å². The van der Waals surface area contributed by atoms with Crippen LogP contribution in [-0.4, -0.2) is 18.9 Å². The van der Waals surface area contributed by atoms with Gasteiger partial charge in [-0.2, -0.15) is 8.42 Å². The van der Waals surface area contributed by atoms with Crippen LogP contribution in [0.5, 0.6) is 0 Å². The number of hydrogen-bond donors (Lipinski definition) is 1. The van der Waals surface area contributed by atoms with Crippen LogP contribution >= 0.6 is 0 Å². The van der Waals surface area contributed by atoms with E-state index in [1.54, 1.807) is 18.6 Å². The molecule has 7 nitrogen and oxygen atoms in total. The molecule has 0 fully saturated rings. The molecule has 0 aromatic carbocycles. The van der Waals surface area contributed by atoms with Crippen LogP contribution in [0.25, 0.3) is 0 Å². The van der Waals surface area contributed by atoms with Crippen molar-refractivity contribution in [3.8, 4) is 0 Å². The Balaban J connectivity index is 1.74. The van der Waals surface area contributed by atoms with Gasteiger partial charge in [-0.25, -0.2) is 4.79 Å². The Labute approximate surface area is 196 Å². The van der Waals surface area contributed by atoms with Gasteiger partial charge in [0.2, 0.25) is 0 Å². The first-order valence-electron chi connectivity index (χ1n) is 11.2. The van der Waals surface area contributed by atoms with E-state index in [0.717, 1.165) is 44.9 Å². The zero-order valence-electron chi connectivity index (χ0n) is 19.8. The lowest BCUT2D eigenvalue weighted by molar-refractivity contribution is -0.133. The Hall–Kier alpha value is -2.58. The monoisotopic (exact) mass is 478 g/mol. The van der Waals surface area contributed by atoms with E-state index < -0.39 is 16.4 Å². The summed E-state index contributed by atoms with van der Waals surface area (Å²) in [5.41, 5.74) is 3.97. The summed E-state index contributed by atoms with van der Waals surface area (Å²) in [7, 11) is -4.74. The second-order valence-electron chi connectivity index (χ2n) is 8.57. The molecule has 0 radical (unpaired) electrons. The number of cyclic esters (lactones) is 1. The number of allylic oxidation sites excluding steroid dienone is 5. The molecule has 0 unspecified atom stereocenters.